The van der Waals surface area contributed by atoms with Crippen molar-refractivity contribution in [2.24, 2.45) is 0 Å². The topological polar surface area (TPSA) is 20.3 Å². The van der Waals surface area contributed by atoms with E-state index in [1.54, 1.807) is 11.3 Å². The van der Waals surface area contributed by atoms with Crippen LogP contribution in [0, 0.1) is 6.92 Å². The Bertz CT molecular complexity index is 557. The summed E-state index contributed by atoms with van der Waals surface area (Å²) < 4.78 is 0. The molecule has 0 saturated heterocycles. The van der Waals surface area contributed by atoms with E-state index < -0.39 is 0 Å². The van der Waals surface area contributed by atoms with Crippen LogP contribution in [0.5, 0.6) is 0 Å². The number of aldehydes is 1. The number of thiophene rings is 1. The summed E-state index contributed by atoms with van der Waals surface area (Å²) in [5, 5.41) is 0. The highest BCUT2D eigenvalue weighted by atomic mass is 32.1. The fourth-order valence-corrected chi connectivity index (χ4v) is 2.81. The maximum absolute atomic E-state index is 11.0. The number of benzene rings is 1. The monoisotopic (exact) mass is 259 g/mol. The van der Waals surface area contributed by atoms with Gasteiger partial charge in [-0.15, -0.1) is 11.3 Å². The highest BCUT2D eigenvalue weighted by Gasteiger charge is 2.07. The molecule has 3 heteroatoms. The molecule has 1 heterocycles. The summed E-state index contributed by atoms with van der Waals surface area (Å²) in [6, 6.07) is 10.3. The molecule has 0 bridgehead atoms. The molecule has 0 atom stereocenters. The molecule has 2 rings (SSSR count). The van der Waals surface area contributed by atoms with Gasteiger partial charge in [-0.1, -0.05) is 12.1 Å². The zero-order chi connectivity index (χ0) is 13.1. The van der Waals surface area contributed by atoms with Crippen LogP contribution in [-0.2, 0) is 6.54 Å². The Hall–Kier alpha value is -1.45. The van der Waals surface area contributed by atoms with Gasteiger partial charge in [0.1, 0.15) is 6.29 Å². The number of hydrogen-bond acceptors (Lipinski definition) is 3. The molecule has 18 heavy (non-hydrogen) atoms. The Kier molecular flexibility index (Phi) is 3.94. The van der Waals surface area contributed by atoms with Crippen molar-refractivity contribution in [2.75, 3.05) is 14.1 Å². The second-order valence-electron chi connectivity index (χ2n) is 4.68. The molecule has 2 aromatic rings. The standard InChI is InChI=1S/C15H17NOS/c1-11-4-7-15(18-11)12-5-6-13(10-17)14(8-12)9-16(2)3/h4-8,10H,9H2,1-3H3. The van der Waals surface area contributed by atoms with Gasteiger partial charge in [0.05, 0.1) is 0 Å². The summed E-state index contributed by atoms with van der Waals surface area (Å²) in [6.45, 7) is 2.89. The van der Waals surface area contributed by atoms with Crippen LogP contribution in [0.1, 0.15) is 20.8 Å². The van der Waals surface area contributed by atoms with Gasteiger partial charge in [-0.05, 0) is 50.3 Å². The van der Waals surface area contributed by atoms with Crippen molar-refractivity contribution in [1.82, 2.24) is 4.90 Å². The molecule has 0 saturated carbocycles. The van der Waals surface area contributed by atoms with Crippen LogP contribution in [0.3, 0.4) is 0 Å². The van der Waals surface area contributed by atoms with Crippen LogP contribution in [0.25, 0.3) is 10.4 Å². The number of rotatable bonds is 4. The molecule has 1 aromatic carbocycles. The van der Waals surface area contributed by atoms with Crippen molar-refractivity contribution in [3.63, 3.8) is 0 Å². The van der Waals surface area contributed by atoms with E-state index in [0.717, 1.165) is 24.0 Å². The average molecular weight is 259 g/mol. The van der Waals surface area contributed by atoms with E-state index >= 15 is 0 Å². The summed E-state index contributed by atoms with van der Waals surface area (Å²) in [4.78, 5) is 15.7. The maximum Gasteiger partial charge on any atom is 0.150 e. The first-order valence-corrected chi connectivity index (χ1v) is 6.71. The van der Waals surface area contributed by atoms with Crippen molar-refractivity contribution in [1.29, 1.82) is 0 Å². The molecule has 0 radical (unpaired) electrons. The molecule has 0 N–H and O–H groups in total. The number of carbonyl (C=O) groups excluding carboxylic acids is 1. The SMILES string of the molecule is Cc1ccc(-c2ccc(C=O)c(CN(C)C)c2)s1. The lowest BCUT2D eigenvalue weighted by Gasteiger charge is -2.12. The third-order valence-electron chi connectivity index (χ3n) is 2.78. The van der Waals surface area contributed by atoms with E-state index in [2.05, 4.69) is 30.0 Å². The van der Waals surface area contributed by atoms with Crippen LogP contribution in [0.4, 0.5) is 0 Å². The maximum atomic E-state index is 11.0. The minimum Gasteiger partial charge on any atom is -0.305 e. The lowest BCUT2D eigenvalue weighted by Crippen LogP contribution is -2.12. The highest BCUT2D eigenvalue weighted by Crippen LogP contribution is 2.29. The van der Waals surface area contributed by atoms with Gasteiger partial charge in [-0.2, -0.15) is 0 Å². The van der Waals surface area contributed by atoms with Gasteiger partial charge in [0.25, 0.3) is 0 Å². The molecule has 0 unspecified atom stereocenters. The largest absolute Gasteiger partial charge is 0.305 e. The Labute approximate surface area is 112 Å². The molecule has 94 valence electrons. The van der Waals surface area contributed by atoms with Gasteiger partial charge in [-0.3, -0.25) is 4.79 Å². The van der Waals surface area contributed by atoms with Gasteiger partial charge >= 0.3 is 0 Å². The molecule has 0 spiro atoms. The Balaban J connectivity index is 2.42. The lowest BCUT2D eigenvalue weighted by atomic mass is 10.0. The van der Waals surface area contributed by atoms with E-state index in [-0.39, 0.29) is 0 Å². The summed E-state index contributed by atoms with van der Waals surface area (Å²) in [6.07, 6.45) is 0.933. The first kappa shape index (κ1) is 13.0. The molecular formula is C15H17NOS. The number of aryl methyl sites for hydroxylation is 1. The van der Waals surface area contributed by atoms with E-state index in [4.69, 9.17) is 0 Å². The van der Waals surface area contributed by atoms with Crippen molar-refractivity contribution < 1.29 is 4.79 Å². The molecule has 2 nitrogen and oxygen atoms in total. The van der Waals surface area contributed by atoms with Crippen LogP contribution < -0.4 is 0 Å². The lowest BCUT2D eigenvalue weighted by molar-refractivity contribution is 0.112. The number of hydrogen-bond donors (Lipinski definition) is 0. The van der Waals surface area contributed by atoms with E-state index in [9.17, 15) is 4.79 Å². The molecule has 0 amide bonds. The quantitative estimate of drug-likeness (QED) is 0.782. The second kappa shape index (κ2) is 5.46. The first-order chi connectivity index (χ1) is 8.60. The van der Waals surface area contributed by atoms with Crippen LogP contribution >= 0.6 is 11.3 Å². The molecular weight excluding hydrogens is 242 g/mol. The first-order valence-electron chi connectivity index (χ1n) is 5.90. The third-order valence-corrected chi connectivity index (χ3v) is 3.83. The Morgan fingerprint density at radius 1 is 1.22 bits per heavy atom. The van der Waals surface area contributed by atoms with Crippen molar-refractivity contribution >= 4 is 17.6 Å². The average Bonchev–Trinajstić information content (AvgIpc) is 2.75. The Morgan fingerprint density at radius 3 is 2.56 bits per heavy atom. The number of nitrogens with zero attached hydrogens (tertiary/aromatic N) is 1. The van der Waals surface area contributed by atoms with Crippen LogP contribution in [-0.4, -0.2) is 25.3 Å². The number of carbonyl (C=O) groups is 1. The Morgan fingerprint density at radius 2 is 2.00 bits per heavy atom. The summed E-state index contributed by atoms with van der Waals surface area (Å²) in [5.74, 6) is 0. The fraction of sp³-hybridized carbons (Fsp3) is 0.267. The summed E-state index contributed by atoms with van der Waals surface area (Å²) in [5.41, 5.74) is 3.05. The normalized spacial score (nSPS) is 10.9. The molecule has 0 aliphatic rings. The van der Waals surface area contributed by atoms with Gasteiger partial charge in [-0.25, -0.2) is 0 Å². The molecule has 0 aliphatic carbocycles. The predicted molar refractivity (Wildman–Crippen MR) is 77.3 cm³/mol. The fourth-order valence-electron chi connectivity index (χ4n) is 1.94. The van der Waals surface area contributed by atoms with Crippen molar-refractivity contribution in [2.45, 2.75) is 13.5 Å². The molecule has 0 fully saturated rings. The second-order valence-corrected chi connectivity index (χ2v) is 5.97. The van der Waals surface area contributed by atoms with Crippen molar-refractivity contribution in [3.05, 3.63) is 46.3 Å². The van der Waals surface area contributed by atoms with Gasteiger partial charge in [0, 0.05) is 21.9 Å². The van der Waals surface area contributed by atoms with Gasteiger partial charge < -0.3 is 4.90 Å². The summed E-state index contributed by atoms with van der Waals surface area (Å²) >= 11 is 1.78. The van der Waals surface area contributed by atoms with Crippen LogP contribution in [0.15, 0.2) is 30.3 Å². The zero-order valence-electron chi connectivity index (χ0n) is 10.9. The third kappa shape index (κ3) is 2.86. The minimum absolute atomic E-state index is 0.778. The van der Waals surface area contributed by atoms with Gasteiger partial charge in [0.15, 0.2) is 0 Å². The van der Waals surface area contributed by atoms with E-state index in [1.807, 2.05) is 26.2 Å². The smallest absolute Gasteiger partial charge is 0.150 e. The van der Waals surface area contributed by atoms with E-state index in [1.165, 1.54) is 15.3 Å². The van der Waals surface area contributed by atoms with Gasteiger partial charge in [0.2, 0.25) is 0 Å². The highest BCUT2D eigenvalue weighted by molar-refractivity contribution is 7.15. The minimum atomic E-state index is 0.778. The van der Waals surface area contributed by atoms with Crippen LogP contribution in [0.2, 0.25) is 0 Å². The zero-order valence-corrected chi connectivity index (χ0v) is 11.8. The van der Waals surface area contributed by atoms with E-state index in [0.29, 0.717) is 0 Å². The molecule has 1 aromatic heterocycles. The molecule has 0 aliphatic heterocycles. The predicted octanol–water partition coefficient (Wildman–Crippen LogP) is 3.60. The van der Waals surface area contributed by atoms with Crippen molar-refractivity contribution in [3.8, 4) is 10.4 Å². The summed E-state index contributed by atoms with van der Waals surface area (Å²) in [7, 11) is 4.02.